The molecule has 2 aromatic heterocycles. The van der Waals surface area contributed by atoms with Gasteiger partial charge in [-0.2, -0.15) is 0 Å². The fraction of sp³-hybridized carbons (Fsp3) is 0.783. The summed E-state index contributed by atoms with van der Waals surface area (Å²) in [7, 11) is 0. The van der Waals surface area contributed by atoms with E-state index < -0.39 is 11.1 Å². The second kappa shape index (κ2) is 23.3. The second-order valence-electron chi connectivity index (χ2n) is 16.8. The fourth-order valence-corrected chi connectivity index (χ4v) is 9.86. The van der Waals surface area contributed by atoms with Crippen molar-refractivity contribution in [1.29, 1.82) is 0 Å². The van der Waals surface area contributed by atoms with Gasteiger partial charge in [-0.3, -0.25) is 28.7 Å². The van der Waals surface area contributed by atoms with E-state index >= 15 is 0 Å². The van der Waals surface area contributed by atoms with Crippen LogP contribution in [0.25, 0.3) is 21.5 Å². The van der Waals surface area contributed by atoms with E-state index in [0.717, 1.165) is 42.9 Å². The molecule has 1 aromatic carbocycles. The average Bonchev–Trinajstić information content (AvgIpc) is 3.56. The molecule has 292 valence electrons. The quantitative estimate of drug-likeness (QED) is 0.0757. The van der Waals surface area contributed by atoms with Crippen LogP contribution < -0.4 is 22.2 Å². The number of nitrogens with zero attached hydrogens (tertiary/aromatic N) is 1. The summed E-state index contributed by atoms with van der Waals surface area (Å²) in [5, 5.41) is 0.850. The maximum Gasteiger partial charge on any atom is 0.261 e. The molecule has 3 aromatic rings. The third kappa shape index (κ3) is 12.3. The average molecular weight is 719 g/mol. The lowest BCUT2D eigenvalue weighted by molar-refractivity contribution is 0.0581. The molecule has 6 heteroatoms. The molecule has 1 N–H and O–H groups in total. The zero-order valence-electron chi connectivity index (χ0n) is 33.6. The predicted octanol–water partition coefficient (Wildman–Crippen LogP) is 11.9. The molecule has 0 radical (unpaired) electrons. The highest BCUT2D eigenvalue weighted by molar-refractivity contribution is 5.97. The zero-order valence-corrected chi connectivity index (χ0v) is 33.6. The molecule has 1 aliphatic rings. The first-order valence-corrected chi connectivity index (χ1v) is 22.3. The summed E-state index contributed by atoms with van der Waals surface area (Å²) in [6.45, 7) is 7.35. The standard InChI is InChI=1S/C46H74N2O4/c1-4-7-10-13-17-22-27-36-31-30-35(26-21-12-9-6-3)37(28-23-18-14-11-8-5-2)38(36)29-24-19-15-16-20-25-32-48-45(51)41-33-39-40(34-42(41)46(48)52)44(50)47-43(39)49/h33-38H,4-32H2,1-3H3,(H,47,49,50). The highest BCUT2D eigenvalue weighted by Crippen LogP contribution is 2.47. The minimum atomic E-state index is -0.506. The third-order valence-electron chi connectivity index (χ3n) is 12.9. The summed E-state index contributed by atoms with van der Waals surface area (Å²) in [6.07, 6.45) is 37.8. The fourth-order valence-electron chi connectivity index (χ4n) is 9.86. The highest BCUT2D eigenvalue weighted by atomic mass is 16.2. The number of aromatic nitrogens is 2. The van der Waals surface area contributed by atoms with E-state index in [1.807, 2.05) is 0 Å². The van der Waals surface area contributed by atoms with Crippen molar-refractivity contribution >= 4 is 21.5 Å². The summed E-state index contributed by atoms with van der Waals surface area (Å²) in [5.74, 6) is 3.71. The Bertz CT molecular complexity index is 1570. The molecule has 0 bridgehead atoms. The van der Waals surface area contributed by atoms with Crippen LogP contribution >= 0.6 is 0 Å². The summed E-state index contributed by atoms with van der Waals surface area (Å²) < 4.78 is 1.30. The molecule has 0 saturated heterocycles. The van der Waals surface area contributed by atoms with Gasteiger partial charge in [0.05, 0.1) is 21.5 Å². The highest BCUT2D eigenvalue weighted by Gasteiger charge is 2.37. The van der Waals surface area contributed by atoms with Crippen LogP contribution in [-0.2, 0) is 6.54 Å². The van der Waals surface area contributed by atoms with Gasteiger partial charge in [-0.15, -0.1) is 0 Å². The van der Waals surface area contributed by atoms with Gasteiger partial charge >= 0.3 is 0 Å². The van der Waals surface area contributed by atoms with Gasteiger partial charge in [-0.25, -0.2) is 0 Å². The lowest BCUT2D eigenvalue weighted by atomic mass is 9.61. The molecule has 2 heterocycles. The van der Waals surface area contributed by atoms with Gasteiger partial charge in [0.2, 0.25) is 0 Å². The van der Waals surface area contributed by atoms with Gasteiger partial charge in [0.15, 0.2) is 0 Å². The molecule has 4 atom stereocenters. The predicted molar refractivity (Wildman–Crippen MR) is 222 cm³/mol. The first-order chi connectivity index (χ1) is 25.4. The van der Waals surface area contributed by atoms with E-state index in [2.05, 4.69) is 25.8 Å². The molecule has 0 spiro atoms. The summed E-state index contributed by atoms with van der Waals surface area (Å²) >= 11 is 0. The Labute approximate surface area is 314 Å². The number of fused-ring (bicyclic) bond motifs is 2. The van der Waals surface area contributed by atoms with Crippen LogP contribution in [0.2, 0.25) is 0 Å². The molecule has 1 fully saturated rings. The van der Waals surface area contributed by atoms with Crippen LogP contribution in [0.3, 0.4) is 0 Å². The first-order valence-electron chi connectivity index (χ1n) is 22.3. The topological polar surface area (TPSA) is 89.0 Å². The van der Waals surface area contributed by atoms with Gasteiger partial charge in [0.1, 0.15) is 0 Å². The van der Waals surface area contributed by atoms with Gasteiger partial charge in [0, 0.05) is 6.54 Å². The van der Waals surface area contributed by atoms with E-state index in [0.29, 0.717) is 6.54 Å². The van der Waals surface area contributed by atoms with Crippen LogP contribution in [0, 0.1) is 23.7 Å². The van der Waals surface area contributed by atoms with Gasteiger partial charge in [-0.05, 0) is 67.9 Å². The minimum absolute atomic E-state index is 0.185. The largest absolute Gasteiger partial charge is 0.288 e. The van der Waals surface area contributed by atoms with Gasteiger partial charge in [-0.1, -0.05) is 168 Å². The van der Waals surface area contributed by atoms with E-state index in [1.165, 1.54) is 177 Å². The smallest absolute Gasteiger partial charge is 0.261 e. The summed E-state index contributed by atoms with van der Waals surface area (Å²) in [4.78, 5) is 52.5. The summed E-state index contributed by atoms with van der Waals surface area (Å²) in [5.41, 5.74) is -1.71. The Morgan fingerprint density at radius 3 is 1.23 bits per heavy atom. The number of unbranched alkanes of at least 4 members (excludes halogenated alkanes) is 18. The molecule has 4 rings (SSSR count). The van der Waals surface area contributed by atoms with Crippen LogP contribution in [0.5, 0.6) is 0 Å². The minimum Gasteiger partial charge on any atom is -0.288 e. The summed E-state index contributed by atoms with van der Waals surface area (Å²) in [6, 6.07) is 2.84. The van der Waals surface area contributed by atoms with Crippen molar-refractivity contribution in [2.24, 2.45) is 23.7 Å². The van der Waals surface area contributed by atoms with Crippen LogP contribution in [0.1, 0.15) is 201 Å². The van der Waals surface area contributed by atoms with Crippen molar-refractivity contribution in [2.45, 2.75) is 207 Å². The number of rotatable bonds is 28. The van der Waals surface area contributed by atoms with Crippen LogP contribution in [0.15, 0.2) is 31.3 Å². The van der Waals surface area contributed by atoms with Crippen LogP contribution in [-0.4, -0.2) is 9.55 Å². The maximum atomic E-state index is 13.1. The normalized spacial score (nSPS) is 19.4. The molecule has 0 amide bonds. The van der Waals surface area contributed by atoms with Crippen molar-refractivity contribution < 1.29 is 0 Å². The van der Waals surface area contributed by atoms with Crippen LogP contribution in [0.4, 0.5) is 0 Å². The molecule has 52 heavy (non-hydrogen) atoms. The van der Waals surface area contributed by atoms with E-state index in [4.69, 9.17) is 0 Å². The Kier molecular flexibility index (Phi) is 18.9. The Balaban J connectivity index is 1.29. The SMILES string of the molecule is CCCCCCCCC1CCC(CCCCCC)C(CCCCCCCC)C1CCCCCCCCn1c(=O)c2cc3c(=O)[nH]c(=O)c3cc2c1=O. The van der Waals surface area contributed by atoms with E-state index in [-0.39, 0.29) is 32.7 Å². The number of hydrogen-bond donors (Lipinski definition) is 1. The van der Waals surface area contributed by atoms with E-state index in [9.17, 15) is 19.2 Å². The van der Waals surface area contributed by atoms with Crippen molar-refractivity contribution in [2.75, 3.05) is 0 Å². The number of nitrogens with one attached hydrogen (secondary N) is 1. The first kappa shape index (κ1) is 42.2. The molecule has 6 nitrogen and oxygen atoms in total. The van der Waals surface area contributed by atoms with Gasteiger partial charge < -0.3 is 0 Å². The van der Waals surface area contributed by atoms with Crippen molar-refractivity contribution in [3.63, 3.8) is 0 Å². The van der Waals surface area contributed by atoms with Crippen molar-refractivity contribution in [1.82, 2.24) is 9.55 Å². The second-order valence-corrected chi connectivity index (χ2v) is 16.8. The Hall–Kier alpha value is -2.50. The lowest BCUT2D eigenvalue weighted by Gasteiger charge is -2.44. The van der Waals surface area contributed by atoms with Crippen molar-refractivity contribution in [3.8, 4) is 0 Å². The lowest BCUT2D eigenvalue weighted by Crippen LogP contribution is -2.35. The van der Waals surface area contributed by atoms with Gasteiger partial charge in [0.25, 0.3) is 22.2 Å². The maximum absolute atomic E-state index is 13.1. The molecule has 1 saturated carbocycles. The third-order valence-corrected chi connectivity index (χ3v) is 12.9. The molecule has 0 aliphatic heterocycles. The molecular weight excluding hydrogens is 645 g/mol. The van der Waals surface area contributed by atoms with E-state index in [1.54, 1.807) is 0 Å². The number of H-pyrrole nitrogens is 1. The number of benzene rings is 1. The Morgan fingerprint density at radius 2 is 0.808 bits per heavy atom. The molecule has 1 aliphatic carbocycles. The molecule has 4 unspecified atom stereocenters. The number of aromatic amines is 1. The van der Waals surface area contributed by atoms with Crippen molar-refractivity contribution in [3.05, 3.63) is 53.5 Å². The Morgan fingerprint density at radius 1 is 0.462 bits per heavy atom. The monoisotopic (exact) mass is 719 g/mol. The molecular formula is C46H74N2O4. The zero-order chi connectivity index (χ0) is 37.1. The number of hydrogen-bond acceptors (Lipinski definition) is 4.